The number of morpholine rings is 1. The molecule has 1 atom stereocenters. The highest BCUT2D eigenvalue weighted by atomic mass is 19.1. The Balaban J connectivity index is 1.50. The highest BCUT2D eigenvalue weighted by Gasteiger charge is 2.19. The molecule has 3 aromatic rings. The van der Waals surface area contributed by atoms with Crippen molar-refractivity contribution >= 4 is 17.7 Å². The van der Waals surface area contributed by atoms with Gasteiger partial charge in [-0.25, -0.2) is 9.37 Å². The van der Waals surface area contributed by atoms with E-state index in [-0.39, 0.29) is 6.10 Å². The second-order valence-corrected chi connectivity index (χ2v) is 6.42. The molecule has 0 bridgehead atoms. The number of aromatic nitrogens is 3. The molecule has 4 rings (SSSR count). The van der Waals surface area contributed by atoms with Gasteiger partial charge in [-0.15, -0.1) is 0 Å². The third kappa shape index (κ3) is 3.89. The van der Waals surface area contributed by atoms with E-state index in [9.17, 15) is 4.39 Å². The van der Waals surface area contributed by atoms with Gasteiger partial charge in [0.2, 0.25) is 11.8 Å². The number of nitrogens with zero attached hydrogens (tertiary/aromatic N) is 4. The van der Waals surface area contributed by atoms with Crippen molar-refractivity contribution in [2.24, 2.45) is 0 Å². The maximum atomic E-state index is 14.2. The van der Waals surface area contributed by atoms with Crippen molar-refractivity contribution in [1.29, 1.82) is 0 Å². The molecule has 3 heterocycles. The van der Waals surface area contributed by atoms with E-state index >= 15 is 0 Å². The molecule has 1 aliphatic rings. The standard InChI is InChI=1S/C19H20FN5O3/c1-12-11-25(7-8-27-12)19-21-6-5-17(23-19)22-18-10-16(24-28-18)14-4-3-13(26-2)9-15(14)20/h3-6,9-10,12H,7-8,11H2,1-2H3,(H,21,22,23). The lowest BCUT2D eigenvalue weighted by molar-refractivity contribution is 0.0526. The molecule has 8 nitrogen and oxygen atoms in total. The number of methoxy groups -OCH3 is 1. The van der Waals surface area contributed by atoms with E-state index in [0.29, 0.717) is 41.3 Å². The first kappa shape index (κ1) is 18.2. The highest BCUT2D eigenvalue weighted by molar-refractivity contribution is 5.65. The van der Waals surface area contributed by atoms with Crippen LogP contribution in [0.2, 0.25) is 0 Å². The van der Waals surface area contributed by atoms with Gasteiger partial charge in [-0.05, 0) is 25.1 Å². The van der Waals surface area contributed by atoms with E-state index in [0.717, 1.165) is 13.1 Å². The number of anilines is 3. The summed E-state index contributed by atoms with van der Waals surface area (Å²) in [7, 11) is 1.49. The second kappa shape index (κ2) is 7.81. The van der Waals surface area contributed by atoms with E-state index in [1.165, 1.54) is 13.2 Å². The van der Waals surface area contributed by atoms with Gasteiger partial charge in [0.1, 0.15) is 23.1 Å². The number of benzene rings is 1. The largest absolute Gasteiger partial charge is 0.497 e. The summed E-state index contributed by atoms with van der Waals surface area (Å²) in [4.78, 5) is 10.9. The third-order valence-corrected chi connectivity index (χ3v) is 4.38. The van der Waals surface area contributed by atoms with Crippen molar-refractivity contribution < 1.29 is 18.4 Å². The zero-order chi connectivity index (χ0) is 19.5. The van der Waals surface area contributed by atoms with Crippen LogP contribution in [0.5, 0.6) is 5.75 Å². The van der Waals surface area contributed by atoms with Gasteiger partial charge < -0.3 is 24.2 Å². The van der Waals surface area contributed by atoms with Gasteiger partial charge in [-0.3, -0.25) is 0 Å². The summed E-state index contributed by atoms with van der Waals surface area (Å²) in [5.74, 6) is 1.52. The average Bonchev–Trinajstić information content (AvgIpc) is 3.16. The van der Waals surface area contributed by atoms with Crippen LogP contribution in [0.3, 0.4) is 0 Å². The smallest absolute Gasteiger partial charge is 0.230 e. The molecule has 1 saturated heterocycles. The van der Waals surface area contributed by atoms with Gasteiger partial charge in [0.25, 0.3) is 0 Å². The summed E-state index contributed by atoms with van der Waals surface area (Å²) in [6, 6.07) is 7.91. The Morgan fingerprint density at radius 3 is 2.96 bits per heavy atom. The summed E-state index contributed by atoms with van der Waals surface area (Å²) in [5, 5.41) is 6.97. The minimum atomic E-state index is -0.440. The molecule has 0 amide bonds. The van der Waals surface area contributed by atoms with E-state index in [2.05, 4.69) is 25.3 Å². The molecule has 0 spiro atoms. The summed E-state index contributed by atoms with van der Waals surface area (Å²) < 4.78 is 30.1. The summed E-state index contributed by atoms with van der Waals surface area (Å²) >= 11 is 0. The van der Waals surface area contributed by atoms with Crippen LogP contribution in [-0.4, -0.2) is 48.0 Å². The van der Waals surface area contributed by atoms with Crippen LogP contribution in [-0.2, 0) is 4.74 Å². The molecule has 1 N–H and O–H groups in total. The lowest BCUT2D eigenvalue weighted by Crippen LogP contribution is -2.42. The minimum Gasteiger partial charge on any atom is -0.497 e. The van der Waals surface area contributed by atoms with Gasteiger partial charge in [0.15, 0.2) is 0 Å². The number of nitrogens with one attached hydrogen (secondary N) is 1. The Morgan fingerprint density at radius 2 is 2.18 bits per heavy atom. The summed E-state index contributed by atoms with van der Waals surface area (Å²) in [6.45, 7) is 4.12. The van der Waals surface area contributed by atoms with Crippen LogP contribution in [0.15, 0.2) is 41.1 Å². The molecule has 146 valence electrons. The summed E-state index contributed by atoms with van der Waals surface area (Å²) in [5.41, 5.74) is 0.696. The molecule has 0 radical (unpaired) electrons. The lowest BCUT2D eigenvalue weighted by Gasteiger charge is -2.31. The highest BCUT2D eigenvalue weighted by Crippen LogP contribution is 2.28. The number of halogens is 1. The Morgan fingerprint density at radius 1 is 1.29 bits per heavy atom. The Hall–Kier alpha value is -3.20. The molecule has 0 aliphatic carbocycles. The van der Waals surface area contributed by atoms with E-state index in [4.69, 9.17) is 14.0 Å². The van der Waals surface area contributed by atoms with Gasteiger partial charge >= 0.3 is 0 Å². The molecule has 1 unspecified atom stereocenters. The third-order valence-electron chi connectivity index (χ3n) is 4.38. The molecule has 28 heavy (non-hydrogen) atoms. The molecule has 1 aromatic carbocycles. The van der Waals surface area contributed by atoms with Gasteiger partial charge in [-0.1, -0.05) is 5.16 Å². The van der Waals surface area contributed by atoms with Gasteiger partial charge in [-0.2, -0.15) is 4.98 Å². The zero-order valence-corrected chi connectivity index (χ0v) is 15.6. The first-order valence-electron chi connectivity index (χ1n) is 8.89. The maximum Gasteiger partial charge on any atom is 0.230 e. The molecule has 9 heteroatoms. The van der Waals surface area contributed by atoms with Crippen molar-refractivity contribution in [1.82, 2.24) is 15.1 Å². The van der Waals surface area contributed by atoms with Crippen LogP contribution < -0.4 is 15.0 Å². The molecule has 1 fully saturated rings. The molecule has 1 aliphatic heterocycles. The fourth-order valence-corrected chi connectivity index (χ4v) is 2.99. The van der Waals surface area contributed by atoms with Crippen molar-refractivity contribution in [3.05, 3.63) is 42.3 Å². The minimum absolute atomic E-state index is 0.130. The molecular weight excluding hydrogens is 365 g/mol. The van der Waals surface area contributed by atoms with E-state index in [1.807, 2.05) is 6.92 Å². The van der Waals surface area contributed by atoms with Crippen molar-refractivity contribution in [2.45, 2.75) is 13.0 Å². The SMILES string of the molecule is COc1ccc(-c2cc(Nc3ccnc(N4CCOC(C)C4)n3)on2)c(F)c1. The number of rotatable bonds is 5. The Bertz CT molecular complexity index is 964. The second-order valence-electron chi connectivity index (χ2n) is 6.42. The fourth-order valence-electron chi connectivity index (χ4n) is 2.99. The molecule has 2 aromatic heterocycles. The first-order chi connectivity index (χ1) is 13.6. The Labute approximate surface area is 161 Å². The number of hydrogen-bond donors (Lipinski definition) is 1. The van der Waals surface area contributed by atoms with E-state index < -0.39 is 5.82 Å². The summed E-state index contributed by atoms with van der Waals surface area (Å²) in [6.07, 6.45) is 1.80. The van der Waals surface area contributed by atoms with Crippen LogP contribution in [0, 0.1) is 5.82 Å². The molecule has 0 saturated carbocycles. The van der Waals surface area contributed by atoms with Crippen molar-refractivity contribution in [3.63, 3.8) is 0 Å². The Kier molecular flexibility index (Phi) is 5.07. The first-order valence-corrected chi connectivity index (χ1v) is 8.89. The van der Waals surface area contributed by atoms with Crippen LogP contribution in [0.1, 0.15) is 6.92 Å². The lowest BCUT2D eigenvalue weighted by atomic mass is 10.1. The van der Waals surface area contributed by atoms with Crippen molar-refractivity contribution in [3.8, 4) is 17.0 Å². The maximum absolute atomic E-state index is 14.2. The van der Waals surface area contributed by atoms with Crippen LogP contribution in [0.4, 0.5) is 22.0 Å². The number of hydrogen-bond acceptors (Lipinski definition) is 8. The fraction of sp³-hybridized carbons (Fsp3) is 0.316. The topological polar surface area (TPSA) is 85.5 Å². The quantitative estimate of drug-likeness (QED) is 0.716. The number of ether oxygens (including phenoxy) is 2. The predicted molar refractivity (Wildman–Crippen MR) is 101 cm³/mol. The van der Waals surface area contributed by atoms with Crippen LogP contribution >= 0.6 is 0 Å². The van der Waals surface area contributed by atoms with Gasteiger partial charge in [0.05, 0.1) is 19.8 Å². The van der Waals surface area contributed by atoms with Crippen molar-refractivity contribution in [2.75, 3.05) is 37.0 Å². The normalized spacial score (nSPS) is 16.8. The predicted octanol–water partition coefficient (Wildman–Crippen LogP) is 3.25. The van der Waals surface area contributed by atoms with Gasteiger partial charge in [0, 0.05) is 37.0 Å². The molecular formula is C19H20FN5O3. The average molecular weight is 385 g/mol. The zero-order valence-electron chi connectivity index (χ0n) is 15.6. The monoisotopic (exact) mass is 385 g/mol. The van der Waals surface area contributed by atoms with E-state index in [1.54, 1.807) is 30.5 Å². The van der Waals surface area contributed by atoms with Crippen LogP contribution in [0.25, 0.3) is 11.3 Å².